The van der Waals surface area contributed by atoms with Crippen molar-refractivity contribution in [3.63, 3.8) is 0 Å². The molecule has 2 saturated heterocycles. The minimum Gasteiger partial charge on any atom is -0.548 e. The number of carbonyl (C=O) groups excluding carboxylic acids is 3. The standard InChI is InChI=1S/C16H17NO7.Na/c18-12-8-13-17(12)15(16(20)21)11(24-13)6-7-22-14(19)9-23-10-4-2-1-3-5-10;/h1-5,11,13,15H,6-9H2,(H,20,21);/q;+1/p-1. The Hall–Kier alpha value is -1.61. The number of hydrogen-bond donors (Lipinski definition) is 0. The molecule has 2 aliphatic rings. The second kappa shape index (κ2) is 8.66. The first-order valence-electron chi connectivity index (χ1n) is 7.57. The Balaban J connectivity index is 0.00000225. The maximum Gasteiger partial charge on any atom is 1.00 e. The van der Waals surface area contributed by atoms with Crippen molar-refractivity contribution in [2.45, 2.75) is 31.2 Å². The summed E-state index contributed by atoms with van der Waals surface area (Å²) < 4.78 is 15.7. The molecule has 3 rings (SSSR count). The van der Waals surface area contributed by atoms with Gasteiger partial charge >= 0.3 is 35.5 Å². The molecule has 0 bridgehead atoms. The van der Waals surface area contributed by atoms with Gasteiger partial charge in [-0.1, -0.05) is 18.2 Å². The molecule has 0 aliphatic carbocycles. The van der Waals surface area contributed by atoms with Crippen molar-refractivity contribution in [2.24, 2.45) is 0 Å². The van der Waals surface area contributed by atoms with Crippen LogP contribution in [0.25, 0.3) is 0 Å². The maximum absolute atomic E-state index is 11.6. The minimum atomic E-state index is -1.37. The van der Waals surface area contributed by atoms with E-state index in [1.807, 2.05) is 6.07 Å². The van der Waals surface area contributed by atoms with Crippen LogP contribution in [-0.2, 0) is 23.9 Å². The van der Waals surface area contributed by atoms with Crippen LogP contribution in [0.4, 0.5) is 0 Å². The van der Waals surface area contributed by atoms with Gasteiger partial charge in [-0.15, -0.1) is 0 Å². The van der Waals surface area contributed by atoms with E-state index in [0.717, 1.165) is 0 Å². The third-order valence-electron chi connectivity index (χ3n) is 3.94. The van der Waals surface area contributed by atoms with Gasteiger partial charge in [0.2, 0.25) is 5.91 Å². The second-order valence-electron chi connectivity index (χ2n) is 5.51. The number of ether oxygens (including phenoxy) is 3. The molecule has 2 heterocycles. The molecule has 2 fully saturated rings. The summed E-state index contributed by atoms with van der Waals surface area (Å²) in [6.45, 7) is -0.271. The van der Waals surface area contributed by atoms with Crippen molar-refractivity contribution in [1.29, 1.82) is 0 Å². The fourth-order valence-electron chi connectivity index (χ4n) is 2.79. The van der Waals surface area contributed by atoms with E-state index in [-0.39, 0.29) is 61.5 Å². The van der Waals surface area contributed by atoms with E-state index in [2.05, 4.69) is 0 Å². The number of amides is 1. The molecular weight excluding hydrogens is 341 g/mol. The number of carboxylic acids is 1. The first-order valence-corrected chi connectivity index (χ1v) is 7.57. The average Bonchev–Trinajstić information content (AvgIpc) is 2.86. The van der Waals surface area contributed by atoms with Crippen molar-refractivity contribution in [3.8, 4) is 5.75 Å². The molecular formula is C16H16NNaO7. The van der Waals surface area contributed by atoms with E-state index in [1.165, 1.54) is 4.90 Å². The molecule has 1 aromatic rings. The smallest absolute Gasteiger partial charge is 0.548 e. The number of carboxylic acid groups (broad SMARTS) is 1. The summed E-state index contributed by atoms with van der Waals surface area (Å²) in [5.74, 6) is -1.66. The molecule has 0 N–H and O–H groups in total. The summed E-state index contributed by atoms with van der Waals surface area (Å²) in [5.41, 5.74) is 0. The molecule has 1 aromatic carbocycles. The Morgan fingerprint density at radius 1 is 1.28 bits per heavy atom. The number of esters is 1. The third-order valence-corrected chi connectivity index (χ3v) is 3.94. The Labute approximate surface area is 166 Å². The van der Waals surface area contributed by atoms with E-state index in [9.17, 15) is 19.5 Å². The van der Waals surface area contributed by atoms with Gasteiger partial charge in [-0.05, 0) is 12.1 Å². The number of aliphatic carboxylic acids is 1. The summed E-state index contributed by atoms with van der Waals surface area (Å²) in [6, 6.07) is 7.69. The largest absolute Gasteiger partial charge is 1.00 e. The Kier molecular flexibility index (Phi) is 6.83. The minimum absolute atomic E-state index is 0. The van der Waals surface area contributed by atoms with Gasteiger partial charge in [0, 0.05) is 6.42 Å². The number of para-hydroxylation sites is 1. The van der Waals surface area contributed by atoms with Gasteiger partial charge in [0.05, 0.1) is 25.1 Å². The number of fused-ring (bicyclic) bond motifs is 1. The molecule has 0 spiro atoms. The zero-order chi connectivity index (χ0) is 17.1. The molecule has 3 unspecified atom stereocenters. The molecule has 9 heteroatoms. The van der Waals surface area contributed by atoms with E-state index in [0.29, 0.717) is 5.75 Å². The van der Waals surface area contributed by atoms with Gasteiger partial charge in [0.15, 0.2) is 6.61 Å². The first-order chi connectivity index (χ1) is 11.6. The van der Waals surface area contributed by atoms with Crippen LogP contribution in [0.2, 0.25) is 0 Å². The van der Waals surface area contributed by atoms with Crippen LogP contribution in [0.1, 0.15) is 12.8 Å². The summed E-state index contributed by atoms with van der Waals surface area (Å²) in [7, 11) is 0. The molecule has 0 aromatic heterocycles. The van der Waals surface area contributed by atoms with Gasteiger partial charge in [0.1, 0.15) is 18.0 Å². The molecule has 128 valence electrons. The molecule has 8 nitrogen and oxygen atoms in total. The van der Waals surface area contributed by atoms with E-state index >= 15 is 0 Å². The molecule has 0 radical (unpaired) electrons. The molecule has 2 aliphatic heterocycles. The van der Waals surface area contributed by atoms with Gasteiger partial charge in [-0.25, -0.2) is 4.79 Å². The van der Waals surface area contributed by atoms with Gasteiger partial charge in [-0.2, -0.15) is 0 Å². The van der Waals surface area contributed by atoms with E-state index in [1.54, 1.807) is 24.3 Å². The van der Waals surface area contributed by atoms with E-state index in [4.69, 9.17) is 14.2 Å². The van der Waals surface area contributed by atoms with Crippen LogP contribution < -0.4 is 39.4 Å². The zero-order valence-electron chi connectivity index (χ0n) is 13.8. The number of hydrogen-bond acceptors (Lipinski definition) is 7. The maximum atomic E-state index is 11.6. The molecule has 1 amide bonds. The van der Waals surface area contributed by atoms with Crippen LogP contribution in [-0.4, -0.2) is 54.3 Å². The van der Waals surface area contributed by atoms with Gasteiger partial charge in [0.25, 0.3) is 0 Å². The van der Waals surface area contributed by atoms with Crippen LogP contribution in [0.5, 0.6) is 5.75 Å². The van der Waals surface area contributed by atoms with Crippen LogP contribution in [0, 0.1) is 0 Å². The number of β-lactam (4-membered cyclic amide) rings is 1. The Bertz CT molecular complexity index is 639. The predicted molar refractivity (Wildman–Crippen MR) is 76.4 cm³/mol. The molecule has 3 atom stereocenters. The summed E-state index contributed by atoms with van der Waals surface area (Å²) in [5, 5.41) is 11.2. The van der Waals surface area contributed by atoms with E-state index < -0.39 is 30.3 Å². The predicted octanol–water partition coefficient (Wildman–Crippen LogP) is -3.92. The van der Waals surface area contributed by atoms with Crippen LogP contribution in [0.15, 0.2) is 30.3 Å². The summed E-state index contributed by atoms with van der Waals surface area (Å²) in [6.07, 6.45) is -0.919. The Morgan fingerprint density at radius 2 is 2.00 bits per heavy atom. The summed E-state index contributed by atoms with van der Waals surface area (Å²) in [4.78, 5) is 35.4. The average molecular weight is 357 g/mol. The fourth-order valence-corrected chi connectivity index (χ4v) is 2.79. The number of nitrogens with zero attached hydrogens (tertiary/aromatic N) is 1. The first kappa shape index (κ1) is 19.7. The normalized spacial score (nSPS) is 23.9. The van der Waals surface area contributed by atoms with Crippen molar-refractivity contribution < 1.29 is 63.3 Å². The number of benzene rings is 1. The topological polar surface area (TPSA) is 105 Å². The third kappa shape index (κ3) is 4.52. The van der Waals surface area contributed by atoms with Gasteiger partial charge in [-0.3, -0.25) is 4.79 Å². The van der Waals surface area contributed by atoms with Crippen LogP contribution in [0.3, 0.4) is 0 Å². The molecule has 25 heavy (non-hydrogen) atoms. The van der Waals surface area contributed by atoms with Crippen molar-refractivity contribution in [2.75, 3.05) is 13.2 Å². The van der Waals surface area contributed by atoms with Crippen molar-refractivity contribution >= 4 is 17.8 Å². The van der Waals surface area contributed by atoms with Gasteiger partial charge < -0.3 is 29.0 Å². The quantitative estimate of drug-likeness (QED) is 0.279. The van der Waals surface area contributed by atoms with Crippen molar-refractivity contribution in [1.82, 2.24) is 4.90 Å². The SMILES string of the molecule is O=C(COc1ccccc1)OCCC1OC2CC(=O)N2C1C(=O)[O-].[Na+]. The van der Waals surface area contributed by atoms with Crippen molar-refractivity contribution in [3.05, 3.63) is 30.3 Å². The summed E-state index contributed by atoms with van der Waals surface area (Å²) >= 11 is 0. The number of rotatable bonds is 7. The molecule has 0 saturated carbocycles. The second-order valence-corrected chi connectivity index (χ2v) is 5.51. The zero-order valence-corrected chi connectivity index (χ0v) is 15.8. The fraction of sp³-hybridized carbons (Fsp3) is 0.438. The van der Waals surface area contributed by atoms with Crippen LogP contribution >= 0.6 is 0 Å². The Morgan fingerprint density at radius 3 is 2.64 bits per heavy atom. The number of carbonyl (C=O) groups is 3. The monoisotopic (exact) mass is 357 g/mol.